The molecule has 1 aliphatic rings. The van der Waals surface area contributed by atoms with Crippen molar-refractivity contribution in [3.8, 4) is 0 Å². The van der Waals surface area contributed by atoms with Gasteiger partial charge in [-0.3, -0.25) is 4.79 Å². The number of halogens is 1. The van der Waals surface area contributed by atoms with Crippen LogP contribution in [0.3, 0.4) is 0 Å². The predicted octanol–water partition coefficient (Wildman–Crippen LogP) is 3.50. The first kappa shape index (κ1) is 11.6. The van der Waals surface area contributed by atoms with E-state index < -0.39 is 0 Å². The molecule has 0 saturated heterocycles. The van der Waals surface area contributed by atoms with Crippen molar-refractivity contribution in [3.63, 3.8) is 0 Å². The van der Waals surface area contributed by atoms with Crippen LogP contribution in [0.5, 0.6) is 0 Å². The Hall–Kier alpha value is -0.830. The fourth-order valence-electron chi connectivity index (χ4n) is 2.11. The van der Waals surface area contributed by atoms with Crippen molar-refractivity contribution in [2.45, 2.75) is 19.3 Å². The molecule has 0 bridgehead atoms. The minimum absolute atomic E-state index is 0.769. The van der Waals surface area contributed by atoms with E-state index in [-0.39, 0.29) is 0 Å². The number of hydrogen-bond donors (Lipinski definition) is 0. The molecule has 0 heterocycles. The highest BCUT2D eigenvalue weighted by molar-refractivity contribution is 9.10. The van der Waals surface area contributed by atoms with E-state index in [2.05, 4.69) is 27.9 Å². The van der Waals surface area contributed by atoms with Crippen molar-refractivity contribution in [1.82, 2.24) is 0 Å². The van der Waals surface area contributed by atoms with Crippen LogP contribution in [0.15, 0.2) is 22.7 Å². The Morgan fingerprint density at radius 1 is 1.50 bits per heavy atom. The molecule has 3 heteroatoms. The molecule has 16 heavy (non-hydrogen) atoms. The largest absolute Gasteiger partial charge is 0.374 e. The second-order valence-corrected chi connectivity index (χ2v) is 5.41. The zero-order chi connectivity index (χ0) is 11.5. The van der Waals surface area contributed by atoms with Crippen molar-refractivity contribution in [2.24, 2.45) is 5.92 Å². The predicted molar refractivity (Wildman–Crippen MR) is 70.1 cm³/mol. The molecular weight excluding hydrogens is 266 g/mol. The van der Waals surface area contributed by atoms with Gasteiger partial charge in [-0.15, -0.1) is 0 Å². The van der Waals surface area contributed by atoms with Gasteiger partial charge in [0.05, 0.1) is 0 Å². The monoisotopic (exact) mass is 281 g/mol. The molecule has 0 aliphatic heterocycles. The number of rotatable bonds is 4. The van der Waals surface area contributed by atoms with Gasteiger partial charge < -0.3 is 4.90 Å². The van der Waals surface area contributed by atoms with E-state index in [9.17, 15) is 4.79 Å². The Labute approximate surface area is 105 Å². The lowest BCUT2D eigenvalue weighted by molar-refractivity contribution is 0.112. The highest BCUT2D eigenvalue weighted by atomic mass is 79.9. The third kappa shape index (κ3) is 2.46. The zero-order valence-electron chi connectivity index (χ0n) is 9.45. The lowest BCUT2D eigenvalue weighted by atomic mass is 9.85. The molecule has 0 spiro atoms. The van der Waals surface area contributed by atoms with Crippen LogP contribution in [0.1, 0.15) is 29.6 Å². The zero-order valence-corrected chi connectivity index (χ0v) is 11.0. The third-order valence-corrected chi connectivity index (χ3v) is 3.78. The van der Waals surface area contributed by atoms with Crippen molar-refractivity contribution >= 4 is 27.9 Å². The second kappa shape index (κ2) is 5.00. The number of benzene rings is 1. The van der Waals surface area contributed by atoms with Gasteiger partial charge in [0.1, 0.15) is 0 Å². The molecule has 2 nitrogen and oxygen atoms in total. The van der Waals surface area contributed by atoms with Crippen molar-refractivity contribution in [2.75, 3.05) is 18.5 Å². The molecule has 86 valence electrons. The summed E-state index contributed by atoms with van der Waals surface area (Å²) in [5.41, 5.74) is 1.79. The number of carbonyl (C=O) groups is 1. The van der Waals surface area contributed by atoms with Crippen LogP contribution in [0.2, 0.25) is 0 Å². The molecule has 2 rings (SSSR count). The number of carbonyl (C=O) groups excluding carboxylic acids is 1. The molecule has 0 atom stereocenters. The molecule has 0 unspecified atom stereocenters. The molecule has 0 aromatic heterocycles. The topological polar surface area (TPSA) is 20.3 Å². The van der Waals surface area contributed by atoms with Gasteiger partial charge in [0.15, 0.2) is 6.29 Å². The number of anilines is 1. The minimum Gasteiger partial charge on any atom is -0.374 e. The second-order valence-electron chi connectivity index (χ2n) is 4.50. The first-order valence-electron chi connectivity index (χ1n) is 5.66. The first-order valence-corrected chi connectivity index (χ1v) is 6.46. The van der Waals surface area contributed by atoms with E-state index in [1.54, 1.807) is 0 Å². The number of hydrogen-bond acceptors (Lipinski definition) is 2. The quantitative estimate of drug-likeness (QED) is 0.788. The standard InChI is InChI=1S/C13H16BrNO/c1-15(8-10-3-2-4-10)13-7-12(14)6-5-11(13)9-16/h5-7,9-10H,2-4,8H2,1H3. The van der Waals surface area contributed by atoms with Crippen LogP contribution in [-0.2, 0) is 0 Å². The Morgan fingerprint density at radius 2 is 2.25 bits per heavy atom. The molecule has 1 fully saturated rings. The van der Waals surface area contributed by atoms with E-state index in [4.69, 9.17) is 0 Å². The molecule has 1 aromatic carbocycles. The average molecular weight is 282 g/mol. The van der Waals surface area contributed by atoms with Crippen LogP contribution in [0.4, 0.5) is 5.69 Å². The Kier molecular flexibility index (Phi) is 3.64. The highest BCUT2D eigenvalue weighted by Gasteiger charge is 2.20. The molecular formula is C13H16BrNO. The summed E-state index contributed by atoms with van der Waals surface area (Å²) in [4.78, 5) is 13.2. The van der Waals surface area contributed by atoms with Crippen LogP contribution >= 0.6 is 15.9 Å². The maximum atomic E-state index is 11.0. The van der Waals surface area contributed by atoms with Gasteiger partial charge in [-0.2, -0.15) is 0 Å². The normalized spacial score (nSPS) is 15.6. The lowest BCUT2D eigenvalue weighted by Crippen LogP contribution is -2.29. The fraction of sp³-hybridized carbons (Fsp3) is 0.462. The summed E-state index contributed by atoms with van der Waals surface area (Å²) in [5, 5.41) is 0. The molecule has 0 radical (unpaired) electrons. The van der Waals surface area contributed by atoms with Crippen molar-refractivity contribution in [1.29, 1.82) is 0 Å². The van der Waals surface area contributed by atoms with Gasteiger partial charge in [0.25, 0.3) is 0 Å². The summed E-state index contributed by atoms with van der Waals surface area (Å²) in [6, 6.07) is 5.79. The summed E-state index contributed by atoms with van der Waals surface area (Å²) in [5.74, 6) is 0.809. The summed E-state index contributed by atoms with van der Waals surface area (Å²) < 4.78 is 1.02. The van der Waals surface area contributed by atoms with Gasteiger partial charge in [-0.1, -0.05) is 22.4 Å². The highest BCUT2D eigenvalue weighted by Crippen LogP contribution is 2.30. The van der Waals surface area contributed by atoms with Gasteiger partial charge in [0.2, 0.25) is 0 Å². The molecule has 1 aliphatic carbocycles. The Bertz CT molecular complexity index is 388. The Morgan fingerprint density at radius 3 is 2.81 bits per heavy atom. The van der Waals surface area contributed by atoms with E-state index in [1.807, 2.05) is 18.2 Å². The van der Waals surface area contributed by atoms with E-state index >= 15 is 0 Å². The minimum atomic E-state index is 0.769. The maximum absolute atomic E-state index is 11.0. The van der Waals surface area contributed by atoms with Crippen LogP contribution in [0, 0.1) is 5.92 Å². The third-order valence-electron chi connectivity index (χ3n) is 3.29. The summed E-state index contributed by atoms with van der Waals surface area (Å²) in [6.07, 6.45) is 4.94. The van der Waals surface area contributed by atoms with E-state index in [0.29, 0.717) is 0 Å². The first-order chi connectivity index (χ1) is 7.70. The molecule has 1 aromatic rings. The maximum Gasteiger partial charge on any atom is 0.152 e. The van der Waals surface area contributed by atoms with Crippen molar-refractivity contribution < 1.29 is 4.79 Å². The van der Waals surface area contributed by atoms with E-state index in [0.717, 1.165) is 34.5 Å². The Balaban J connectivity index is 2.16. The smallest absolute Gasteiger partial charge is 0.152 e. The average Bonchev–Trinajstić information content (AvgIpc) is 2.23. The van der Waals surface area contributed by atoms with Crippen LogP contribution in [0.25, 0.3) is 0 Å². The van der Waals surface area contributed by atoms with Gasteiger partial charge >= 0.3 is 0 Å². The summed E-state index contributed by atoms with van der Waals surface area (Å²) in [7, 11) is 2.06. The SMILES string of the molecule is CN(CC1CCC1)c1cc(Br)ccc1C=O. The van der Waals surface area contributed by atoms with E-state index in [1.165, 1.54) is 19.3 Å². The van der Waals surface area contributed by atoms with Gasteiger partial charge in [0, 0.05) is 29.3 Å². The number of aldehydes is 1. The number of nitrogens with zero attached hydrogens (tertiary/aromatic N) is 1. The van der Waals surface area contributed by atoms with Crippen LogP contribution in [-0.4, -0.2) is 19.9 Å². The van der Waals surface area contributed by atoms with Crippen molar-refractivity contribution in [3.05, 3.63) is 28.2 Å². The lowest BCUT2D eigenvalue weighted by Gasteiger charge is -2.31. The van der Waals surface area contributed by atoms with Gasteiger partial charge in [-0.25, -0.2) is 0 Å². The summed E-state index contributed by atoms with van der Waals surface area (Å²) in [6.45, 7) is 1.05. The molecule has 0 N–H and O–H groups in total. The fourth-order valence-corrected chi connectivity index (χ4v) is 2.46. The van der Waals surface area contributed by atoms with Crippen LogP contribution < -0.4 is 4.90 Å². The molecule has 0 amide bonds. The summed E-state index contributed by atoms with van der Waals surface area (Å²) >= 11 is 3.45. The molecule has 1 saturated carbocycles. The van der Waals surface area contributed by atoms with Gasteiger partial charge in [-0.05, 0) is 37.0 Å².